The molecule has 2 aromatic rings. The van der Waals surface area contributed by atoms with E-state index in [0.717, 1.165) is 5.56 Å². The number of benzene rings is 2. The van der Waals surface area contributed by atoms with Gasteiger partial charge in [0.2, 0.25) is 0 Å². The minimum absolute atomic E-state index is 0.0285. The quantitative estimate of drug-likeness (QED) is 0.544. The molecule has 0 spiro atoms. The van der Waals surface area contributed by atoms with Crippen molar-refractivity contribution >= 4 is 16.1 Å². The van der Waals surface area contributed by atoms with E-state index in [1.54, 1.807) is 18.2 Å². The lowest BCUT2D eigenvalue weighted by molar-refractivity contribution is -0.138. The van der Waals surface area contributed by atoms with Gasteiger partial charge in [0, 0.05) is 5.56 Å². The normalized spacial score (nSPS) is 12.6. The molecule has 2 aromatic carbocycles. The van der Waals surface area contributed by atoms with Crippen LogP contribution in [0.2, 0.25) is 0 Å². The maximum absolute atomic E-state index is 11.3. The molecule has 0 heterocycles. The van der Waals surface area contributed by atoms with Crippen molar-refractivity contribution in [3.05, 3.63) is 65.7 Å². The number of aliphatic carboxylic acids is 1. The third-order valence-electron chi connectivity index (χ3n) is 3.19. The number of phenolic OH excluding ortho intramolecular Hbond substituents is 1. The number of halogens is 3. The van der Waals surface area contributed by atoms with Crippen LogP contribution in [0.5, 0.6) is 5.75 Å². The third-order valence-corrected chi connectivity index (χ3v) is 3.77. The number of rotatable bonds is 4. The lowest BCUT2D eigenvalue weighted by Crippen LogP contribution is -2.21. The first-order chi connectivity index (χ1) is 11.9. The van der Waals surface area contributed by atoms with Gasteiger partial charge in [0.15, 0.2) is 0 Å². The van der Waals surface area contributed by atoms with Crippen LogP contribution >= 0.6 is 0 Å². The predicted molar refractivity (Wildman–Crippen MR) is 86.2 cm³/mol. The van der Waals surface area contributed by atoms with Crippen molar-refractivity contribution in [1.82, 2.24) is 0 Å². The number of phenols is 1. The Labute approximate surface area is 147 Å². The number of alkyl halides is 3. The second-order valence-electron chi connectivity index (χ2n) is 5.06. The van der Waals surface area contributed by atoms with E-state index in [1.807, 2.05) is 30.3 Å². The Kier molecular flexibility index (Phi) is 7.16. The van der Waals surface area contributed by atoms with Crippen molar-refractivity contribution in [2.45, 2.75) is 17.8 Å². The molecule has 2 rings (SSSR count). The highest BCUT2D eigenvalue weighted by Crippen LogP contribution is 2.28. The van der Waals surface area contributed by atoms with E-state index in [0.29, 0.717) is 12.0 Å². The minimum atomic E-state index is -5.84. The van der Waals surface area contributed by atoms with E-state index in [4.69, 9.17) is 13.0 Å². The van der Waals surface area contributed by atoms with Gasteiger partial charge >= 0.3 is 21.6 Å². The first-order valence-electron chi connectivity index (χ1n) is 7.02. The molecule has 3 N–H and O–H groups in total. The number of carboxylic acids is 1. The molecule has 0 aromatic heterocycles. The first kappa shape index (κ1) is 21.5. The van der Waals surface area contributed by atoms with Gasteiger partial charge in [0.25, 0.3) is 0 Å². The Balaban J connectivity index is 0.000000359. The van der Waals surface area contributed by atoms with Crippen LogP contribution in [0.15, 0.2) is 54.6 Å². The molecular weight excluding hydrogens is 377 g/mol. The molecule has 1 unspecified atom stereocenters. The standard InChI is InChI=1S/C15H14O3.CHF3O3S/c16-14-9-5-4-8-12(14)13(15(17)18)10-11-6-2-1-3-7-11;2-1(3,4)8(5,6)7/h1-9,13,16H,10H2,(H,17,18);(H,5,6,7). The van der Waals surface area contributed by atoms with E-state index in [2.05, 4.69) is 0 Å². The highest BCUT2D eigenvalue weighted by Gasteiger charge is 2.44. The van der Waals surface area contributed by atoms with Gasteiger partial charge in [-0.1, -0.05) is 48.5 Å². The summed E-state index contributed by atoms with van der Waals surface area (Å²) in [5, 5.41) is 19.0. The molecule has 1 atom stereocenters. The molecule has 0 aliphatic heterocycles. The predicted octanol–water partition coefficient (Wildman–Crippen LogP) is 3.20. The van der Waals surface area contributed by atoms with E-state index < -0.39 is 27.5 Å². The van der Waals surface area contributed by atoms with Gasteiger partial charge < -0.3 is 10.2 Å². The van der Waals surface area contributed by atoms with Gasteiger partial charge in [-0.2, -0.15) is 21.6 Å². The molecule has 26 heavy (non-hydrogen) atoms. The summed E-state index contributed by atoms with van der Waals surface area (Å²) >= 11 is 0. The maximum atomic E-state index is 11.3. The summed E-state index contributed by atoms with van der Waals surface area (Å²) in [6.07, 6.45) is 0.369. The van der Waals surface area contributed by atoms with Crippen LogP contribution in [0.25, 0.3) is 0 Å². The second kappa shape index (κ2) is 8.68. The lowest BCUT2D eigenvalue weighted by Gasteiger charge is -2.14. The molecule has 0 amide bonds. The highest BCUT2D eigenvalue weighted by atomic mass is 32.2. The summed E-state index contributed by atoms with van der Waals surface area (Å²) in [5.41, 5.74) is -4.14. The molecule has 0 saturated carbocycles. The Morgan fingerprint density at radius 3 is 1.88 bits per heavy atom. The highest BCUT2D eigenvalue weighted by molar-refractivity contribution is 7.86. The fourth-order valence-corrected chi connectivity index (χ4v) is 1.96. The smallest absolute Gasteiger partial charge is 0.508 e. The van der Waals surface area contributed by atoms with E-state index in [9.17, 15) is 28.2 Å². The Hall–Kier alpha value is -2.59. The lowest BCUT2D eigenvalue weighted by atomic mass is 9.91. The SMILES string of the molecule is O=C(O)C(Cc1ccccc1)c1ccccc1O.O=S(=O)(O)C(F)(F)F. The zero-order valence-corrected chi connectivity index (χ0v) is 13.9. The van der Waals surface area contributed by atoms with Crippen molar-refractivity contribution < 1.29 is 41.1 Å². The molecule has 0 aliphatic rings. The summed E-state index contributed by atoms with van der Waals surface area (Å²) < 4.78 is 57.5. The molecule has 0 radical (unpaired) electrons. The Morgan fingerprint density at radius 1 is 1.00 bits per heavy atom. The van der Waals surface area contributed by atoms with E-state index in [1.165, 1.54) is 6.07 Å². The first-order valence-corrected chi connectivity index (χ1v) is 8.46. The monoisotopic (exact) mass is 392 g/mol. The number of para-hydroxylation sites is 1. The number of carboxylic acid groups (broad SMARTS) is 1. The fraction of sp³-hybridized carbons (Fsp3) is 0.188. The van der Waals surface area contributed by atoms with Crippen LogP contribution in [-0.4, -0.2) is 34.7 Å². The molecule has 0 fully saturated rings. The van der Waals surface area contributed by atoms with Crippen LogP contribution in [0.4, 0.5) is 13.2 Å². The maximum Gasteiger partial charge on any atom is 0.522 e. The number of carbonyl (C=O) groups is 1. The number of hydrogen-bond donors (Lipinski definition) is 3. The van der Waals surface area contributed by atoms with Crippen molar-refractivity contribution in [2.24, 2.45) is 0 Å². The average Bonchev–Trinajstić information content (AvgIpc) is 2.53. The molecule has 6 nitrogen and oxygen atoms in total. The molecule has 0 saturated heterocycles. The van der Waals surface area contributed by atoms with E-state index in [-0.39, 0.29) is 5.75 Å². The summed E-state index contributed by atoms with van der Waals surface area (Å²) in [4.78, 5) is 11.3. The second-order valence-corrected chi connectivity index (χ2v) is 6.47. The van der Waals surface area contributed by atoms with Gasteiger partial charge in [-0.05, 0) is 18.1 Å². The van der Waals surface area contributed by atoms with E-state index >= 15 is 0 Å². The van der Waals surface area contributed by atoms with Gasteiger partial charge in [0.05, 0.1) is 5.92 Å². The zero-order valence-electron chi connectivity index (χ0n) is 13.1. The van der Waals surface area contributed by atoms with Crippen LogP contribution in [0.3, 0.4) is 0 Å². The Morgan fingerprint density at radius 2 is 1.46 bits per heavy atom. The van der Waals surface area contributed by atoms with Crippen LogP contribution in [0.1, 0.15) is 17.0 Å². The summed E-state index contributed by atoms with van der Waals surface area (Å²) in [6.45, 7) is 0. The fourth-order valence-electron chi connectivity index (χ4n) is 1.96. The molecular formula is C16H15F3O6S. The van der Waals surface area contributed by atoms with Crippen LogP contribution in [0, 0.1) is 0 Å². The zero-order chi connectivity index (χ0) is 20.0. The van der Waals surface area contributed by atoms with Crippen molar-refractivity contribution in [1.29, 1.82) is 0 Å². The van der Waals surface area contributed by atoms with Gasteiger partial charge in [-0.15, -0.1) is 0 Å². The summed E-state index contributed by atoms with van der Waals surface area (Å²) in [5.74, 6) is -1.63. The summed E-state index contributed by atoms with van der Waals surface area (Å²) in [6, 6.07) is 16.0. The third kappa shape index (κ3) is 6.37. The number of aromatic hydroxyl groups is 1. The van der Waals surface area contributed by atoms with Crippen LogP contribution in [-0.2, 0) is 21.3 Å². The average molecular weight is 392 g/mol. The topological polar surface area (TPSA) is 112 Å². The van der Waals surface area contributed by atoms with Crippen molar-refractivity contribution in [2.75, 3.05) is 0 Å². The largest absolute Gasteiger partial charge is 0.522 e. The minimum Gasteiger partial charge on any atom is -0.508 e. The van der Waals surface area contributed by atoms with Crippen molar-refractivity contribution in [3.63, 3.8) is 0 Å². The molecule has 0 bridgehead atoms. The Bertz CT molecular complexity index is 835. The molecule has 0 aliphatic carbocycles. The van der Waals surface area contributed by atoms with Crippen molar-refractivity contribution in [3.8, 4) is 5.75 Å². The molecule has 142 valence electrons. The van der Waals surface area contributed by atoms with Gasteiger partial charge in [0.1, 0.15) is 5.75 Å². The van der Waals surface area contributed by atoms with Gasteiger partial charge in [-0.3, -0.25) is 9.35 Å². The van der Waals surface area contributed by atoms with Crippen LogP contribution < -0.4 is 0 Å². The summed E-state index contributed by atoms with van der Waals surface area (Å²) in [7, 11) is -5.84. The number of hydrogen-bond acceptors (Lipinski definition) is 4. The molecule has 10 heteroatoms. The van der Waals surface area contributed by atoms with Gasteiger partial charge in [-0.25, -0.2) is 0 Å².